The molecule has 0 saturated heterocycles. The largest absolute Gasteiger partial charge is 0.379 e. The van der Waals surface area contributed by atoms with Crippen molar-refractivity contribution in [2.24, 2.45) is 0 Å². The van der Waals surface area contributed by atoms with Gasteiger partial charge in [-0.05, 0) is 33.6 Å². The Balaban J connectivity index is 2.13. The second-order valence-corrected chi connectivity index (χ2v) is 5.00. The molecule has 0 atom stereocenters. The summed E-state index contributed by atoms with van der Waals surface area (Å²) in [5.41, 5.74) is 0.591. The molecule has 0 amide bonds. The summed E-state index contributed by atoms with van der Waals surface area (Å²) in [6, 6.07) is 7.84. The summed E-state index contributed by atoms with van der Waals surface area (Å²) in [5.74, 6) is -1.44. The van der Waals surface area contributed by atoms with Gasteiger partial charge in [0.15, 0.2) is 0 Å². The molecule has 0 aliphatic carbocycles. The van der Waals surface area contributed by atoms with E-state index in [-0.39, 0.29) is 22.3 Å². The van der Waals surface area contributed by atoms with Gasteiger partial charge in [0, 0.05) is 18.2 Å². The molecule has 20 heavy (non-hydrogen) atoms. The lowest BCUT2D eigenvalue weighted by molar-refractivity contribution is 0.151. The van der Waals surface area contributed by atoms with E-state index in [9.17, 15) is 17.6 Å². The predicted octanol–water partition coefficient (Wildman–Crippen LogP) is 5.28. The summed E-state index contributed by atoms with van der Waals surface area (Å²) in [7, 11) is 0. The monoisotopic (exact) mass is 347 g/mol. The number of hydrogen-bond acceptors (Lipinski definition) is 1. The first kappa shape index (κ1) is 14.8. The highest BCUT2D eigenvalue weighted by atomic mass is 79.9. The van der Waals surface area contributed by atoms with Crippen LogP contribution in [-0.2, 0) is 6.54 Å². The molecule has 0 bridgehead atoms. The Morgan fingerprint density at radius 2 is 1.80 bits per heavy atom. The van der Waals surface area contributed by atoms with Crippen LogP contribution in [0, 0.1) is 11.6 Å². The maximum Gasteiger partial charge on any atom is 0.263 e. The fraction of sp³-hybridized carbons (Fsp3) is 0.143. The van der Waals surface area contributed by atoms with Crippen molar-refractivity contribution >= 4 is 21.6 Å². The second kappa shape index (κ2) is 6.26. The lowest BCUT2D eigenvalue weighted by Crippen LogP contribution is -2.02. The molecular formula is C14H10BrF4N. The van der Waals surface area contributed by atoms with Crippen LogP contribution in [0.2, 0.25) is 0 Å². The molecular weight excluding hydrogens is 338 g/mol. The van der Waals surface area contributed by atoms with Crippen molar-refractivity contribution in [2.75, 3.05) is 5.32 Å². The van der Waals surface area contributed by atoms with Crippen LogP contribution in [0.15, 0.2) is 40.9 Å². The molecule has 2 rings (SSSR count). The third kappa shape index (κ3) is 3.50. The molecule has 1 N–H and O–H groups in total. The molecule has 106 valence electrons. The van der Waals surface area contributed by atoms with E-state index in [1.54, 1.807) is 6.07 Å². The maximum absolute atomic E-state index is 13.5. The minimum atomic E-state index is -2.55. The Hall–Kier alpha value is -1.56. The van der Waals surface area contributed by atoms with Crippen molar-refractivity contribution in [2.45, 2.75) is 13.0 Å². The molecule has 0 saturated carbocycles. The molecule has 0 unspecified atom stereocenters. The molecule has 0 aliphatic heterocycles. The Kier molecular flexibility index (Phi) is 4.65. The van der Waals surface area contributed by atoms with Crippen LogP contribution in [0.1, 0.15) is 17.6 Å². The number of alkyl halides is 2. The Bertz CT molecular complexity index is 616. The third-order valence-electron chi connectivity index (χ3n) is 2.70. The average molecular weight is 348 g/mol. The Labute approximate surface area is 121 Å². The van der Waals surface area contributed by atoms with Gasteiger partial charge < -0.3 is 5.32 Å². The standard InChI is InChI=1S/C14H10BrF4N/c15-10-5-13(12(17)6-11(10)16)20-7-8-2-1-3-9(4-8)14(18)19/h1-6,14,20H,7H2. The lowest BCUT2D eigenvalue weighted by Gasteiger charge is -2.10. The Morgan fingerprint density at radius 3 is 2.50 bits per heavy atom. The first-order valence-corrected chi connectivity index (χ1v) is 6.52. The summed E-state index contributed by atoms with van der Waals surface area (Å²) in [6.45, 7) is 0.162. The molecule has 0 aliphatic rings. The van der Waals surface area contributed by atoms with Gasteiger partial charge in [-0.3, -0.25) is 0 Å². The summed E-state index contributed by atoms with van der Waals surface area (Å²) < 4.78 is 51.8. The van der Waals surface area contributed by atoms with Crippen LogP contribution in [0.4, 0.5) is 23.2 Å². The number of hydrogen-bond donors (Lipinski definition) is 1. The van der Waals surface area contributed by atoms with Crippen molar-refractivity contribution in [3.05, 3.63) is 63.6 Å². The number of anilines is 1. The van der Waals surface area contributed by atoms with Gasteiger partial charge in [0.05, 0.1) is 10.2 Å². The zero-order valence-corrected chi connectivity index (χ0v) is 11.7. The quantitative estimate of drug-likeness (QED) is 0.586. The van der Waals surface area contributed by atoms with E-state index in [1.807, 2.05) is 0 Å². The fourth-order valence-electron chi connectivity index (χ4n) is 1.69. The fourth-order valence-corrected chi connectivity index (χ4v) is 2.04. The zero-order valence-electron chi connectivity index (χ0n) is 10.1. The molecule has 1 nitrogen and oxygen atoms in total. The van der Waals surface area contributed by atoms with E-state index in [2.05, 4.69) is 21.2 Å². The van der Waals surface area contributed by atoms with Gasteiger partial charge in [-0.2, -0.15) is 0 Å². The molecule has 0 aromatic heterocycles. The van der Waals surface area contributed by atoms with Gasteiger partial charge in [0.1, 0.15) is 11.6 Å². The van der Waals surface area contributed by atoms with Gasteiger partial charge in [0.2, 0.25) is 0 Å². The topological polar surface area (TPSA) is 12.0 Å². The van der Waals surface area contributed by atoms with Crippen LogP contribution >= 0.6 is 15.9 Å². The summed E-state index contributed by atoms with van der Waals surface area (Å²) >= 11 is 2.96. The number of nitrogens with one attached hydrogen (secondary N) is 1. The number of benzene rings is 2. The molecule has 0 heterocycles. The van der Waals surface area contributed by atoms with E-state index in [1.165, 1.54) is 24.3 Å². The molecule has 6 heteroatoms. The normalized spacial score (nSPS) is 10.9. The maximum atomic E-state index is 13.5. The van der Waals surface area contributed by atoms with Crippen LogP contribution < -0.4 is 5.32 Å². The van der Waals surface area contributed by atoms with Gasteiger partial charge >= 0.3 is 0 Å². The molecule has 2 aromatic rings. The van der Waals surface area contributed by atoms with Crippen LogP contribution in [-0.4, -0.2) is 0 Å². The van der Waals surface area contributed by atoms with Crippen molar-refractivity contribution in [1.82, 2.24) is 0 Å². The second-order valence-electron chi connectivity index (χ2n) is 4.15. The van der Waals surface area contributed by atoms with Crippen LogP contribution in [0.25, 0.3) is 0 Å². The van der Waals surface area contributed by atoms with E-state index < -0.39 is 18.1 Å². The minimum absolute atomic E-state index is 0.0925. The highest BCUT2D eigenvalue weighted by Crippen LogP contribution is 2.25. The number of rotatable bonds is 4. The molecule has 0 spiro atoms. The molecule has 2 aromatic carbocycles. The summed E-state index contributed by atoms with van der Waals surface area (Å²) in [4.78, 5) is 0. The van der Waals surface area contributed by atoms with Crippen molar-refractivity contribution < 1.29 is 17.6 Å². The van der Waals surface area contributed by atoms with Crippen LogP contribution in [0.5, 0.6) is 0 Å². The summed E-state index contributed by atoms with van der Waals surface area (Å²) in [5, 5.41) is 2.75. The highest BCUT2D eigenvalue weighted by molar-refractivity contribution is 9.10. The van der Waals surface area contributed by atoms with Gasteiger partial charge in [0.25, 0.3) is 6.43 Å². The van der Waals surface area contributed by atoms with Gasteiger partial charge in [-0.1, -0.05) is 18.2 Å². The van der Waals surface area contributed by atoms with E-state index in [4.69, 9.17) is 0 Å². The SMILES string of the molecule is Fc1cc(F)c(NCc2cccc(C(F)F)c2)cc1Br. The van der Waals surface area contributed by atoms with E-state index >= 15 is 0 Å². The summed E-state index contributed by atoms with van der Waals surface area (Å²) in [6.07, 6.45) is -2.55. The molecule has 0 radical (unpaired) electrons. The smallest absolute Gasteiger partial charge is 0.263 e. The first-order chi connectivity index (χ1) is 9.47. The van der Waals surface area contributed by atoms with E-state index in [0.29, 0.717) is 5.56 Å². The zero-order chi connectivity index (χ0) is 14.7. The van der Waals surface area contributed by atoms with Crippen molar-refractivity contribution in [3.63, 3.8) is 0 Å². The third-order valence-corrected chi connectivity index (χ3v) is 3.30. The number of halogens is 5. The first-order valence-electron chi connectivity index (χ1n) is 5.73. The van der Waals surface area contributed by atoms with Crippen molar-refractivity contribution in [1.29, 1.82) is 0 Å². The predicted molar refractivity (Wildman–Crippen MR) is 72.8 cm³/mol. The van der Waals surface area contributed by atoms with Gasteiger partial charge in [-0.15, -0.1) is 0 Å². The van der Waals surface area contributed by atoms with Gasteiger partial charge in [-0.25, -0.2) is 17.6 Å². The highest BCUT2D eigenvalue weighted by Gasteiger charge is 2.09. The minimum Gasteiger partial charge on any atom is -0.379 e. The van der Waals surface area contributed by atoms with Crippen molar-refractivity contribution in [3.8, 4) is 0 Å². The Morgan fingerprint density at radius 1 is 1.05 bits per heavy atom. The van der Waals surface area contributed by atoms with Crippen LogP contribution in [0.3, 0.4) is 0 Å². The average Bonchev–Trinajstić information content (AvgIpc) is 2.41. The lowest BCUT2D eigenvalue weighted by atomic mass is 10.1. The molecule has 0 fully saturated rings. The van der Waals surface area contributed by atoms with E-state index in [0.717, 1.165) is 6.07 Å².